The quantitative estimate of drug-likeness (QED) is 0.772. The van der Waals surface area contributed by atoms with E-state index in [1.807, 2.05) is 22.8 Å². The first-order chi connectivity index (χ1) is 10.8. The number of anilines is 1. The summed E-state index contributed by atoms with van der Waals surface area (Å²) in [6.45, 7) is 1.75. The van der Waals surface area contributed by atoms with Crippen molar-refractivity contribution < 1.29 is 0 Å². The molecule has 4 rings (SSSR count). The summed E-state index contributed by atoms with van der Waals surface area (Å²) in [5.41, 5.74) is 1.47. The van der Waals surface area contributed by atoms with E-state index in [0.29, 0.717) is 5.65 Å². The van der Waals surface area contributed by atoms with Crippen molar-refractivity contribution in [2.45, 2.75) is 18.9 Å². The van der Waals surface area contributed by atoms with Crippen LogP contribution in [0.4, 0.5) is 5.82 Å². The smallest absolute Gasteiger partial charge is 0.327 e. The first-order valence-corrected chi connectivity index (χ1v) is 7.39. The molecule has 1 fully saturated rings. The third-order valence-electron chi connectivity index (χ3n) is 4.21. The molecule has 0 amide bonds. The fourth-order valence-corrected chi connectivity index (χ4v) is 3.14. The van der Waals surface area contributed by atoms with Gasteiger partial charge in [-0.25, -0.2) is 19.7 Å². The number of nitrogens with one attached hydrogen (secondary N) is 1. The van der Waals surface area contributed by atoms with Gasteiger partial charge in [0.05, 0.1) is 5.52 Å². The van der Waals surface area contributed by atoms with Crippen molar-refractivity contribution in [2.75, 3.05) is 18.0 Å². The summed E-state index contributed by atoms with van der Waals surface area (Å²) in [5.74, 6) is 0.946. The van der Waals surface area contributed by atoms with Gasteiger partial charge in [-0.05, 0) is 31.0 Å². The maximum absolute atomic E-state index is 12.2. The molecular weight excluding hydrogens is 280 g/mol. The Bertz CT molecular complexity index is 832. The molecule has 7 heteroatoms. The van der Waals surface area contributed by atoms with Crippen LogP contribution < -0.4 is 10.6 Å². The number of aromatic nitrogens is 5. The molecule has 0 spiro atoms. The minimum absolute atomic E-state index is 0.0748. The number of imidazole rings is 1. The molecule has 4 heterocycles. The molecule has 0 radical (unpaired) electrons. The molecular formula is C15H16N6O. The highest BCUT2D eigenvalue weighted by Crippen LogP contribution is 2.26. The van der Waals surface area contributed by atoms with E-state index in [1.165, 1.54) is 0 Å². The van der Waals surface area contributed by atoms with Crippen molar-refractivity contribution in [3.63, 3.8) is 0 Å². The van der Waals surface area contributed by atoms with Crippen molar-refractivity contribution in [2.24, 2.45) is 0 Å². The van der Waals surface area contributed by atoms with Gasteiger partial charge >= 0.3 is 5.69 Å². The summed E-state index contributed by atoms with van der Waals surface area (Å²) in [5, 5.41) is 0. The van der Waals surface area contributed by atoms with Crippen LogP contribution >= 0.6 is 0 Å². The predicted molar refractivity (Wildman–Crippen MR) is 82.9 cm³/mol. The second-order valence-electron chi connectivity index (χ2n) is 5.46. The van der Waals surface area contributed by atoms with Crippen LogP contribution in [0.25, 0.3) is 11.2 Å². The Balaban J connectivity index is 1.58. The van der Waals surface area contributed by atoms with Gasteiger partial charge in [-0.2, -0.15) is 0 Å². The van der Waals surface area contributed by atoms with Crippen LogP contribution in [0.15, 0.2) is 41.7 Å². The van der Waals surface area contributed by atoms with Crippen LogP contribution in [0, 0.1) is 0 Å². The van der Waals surface area contributed by atoms with Gasteiger partial charge in [0.1, 0.15) is 12.1 Å². The fraction of sp³-hybridized carbons (Fsp3) is 0.333. The molecule has 1 N–H and O–H groups in total. The predicted octanol–water partition coefficient (Wildman–Crippen LogP) is 1.36. The van der Waals surface area contributed by atoms with Gasteiger partial charge in [-0.15, -0.1) is 0 Å². The topological polar surface area (TPSA) is 79.7 Å². The lowest BCUT2D eigenvalue weighted by Crippen LogP contribution is -2.37. The largest absolute Gasteiger partial charge is 0.356 e. The average molecular weight is 296 g/mol. The Labute approximate surface area is 126 Å². The average Bonchev–Trinajstić information content (AvgIpc) is 2.91. The number of hydrogen-bond acceptors (Lipinski definition) is 5. The third-order valence-corrected chi connectivity index (χ3v) is 4.21. The molecule has 3 aromatic rings. The van der Waals surface area contributed by atoms with E-state index < -0.39 is 0 Å². The highest BCUT2D eigenvalue weighted by molar-refractivity contribution is 5.70. The number of pyridine rings is 1. The van der Waals surface area contributed by atoms with Crippen LogP contribution in [0.5, 0.6) is 0 Å². The summed E-state index contributed by atoms with van der Waals surface area (Å²) in [6.07, 6.45) is 6.83. The maximum atomic E-state index is 12.2. The molecule has 0 atom stereocenters. The molecule has 0 aromatic carbocycles. The Morgan fingerprint density at radius 1 is 1.14 bits per heavy atom. The van der Waals surface area contributed by atoms with E-state index in [4.69, 9.17) is 0 Å². The van der Waals surface area contributed by atoms with E-state index >= 15 is 0 Å². The third kappa shape index (κ3) is 2.14. The summed E-state index contributed by atoms with van der Waals surface area (Å²) in [4.78, 5) is 29.7. The maximum Gasteiger partial charge on any atom is 0.327 e. The molecule has 1 aliphatic heterocycles. The van der Waals surface area contributed by atoms with Crippen molar-refractivity contribution in [1.82, 2.24) is 24.5 Å². The van der Waals surface area contributed by atoms with Gasteiger partial charge in [0.2, 0.25) is 0 Å². The van der Waals surface area contributed by atoms with E-state index in [1.54, 1.807) is 18.7 Å². The highest BCUT2D eigenvalue weighted by atomic mass is 16.1. The number of fused-ring (bicyclic) bond motifs is 1. The first kappa shape index (κ1) is 13.0. The standard InChI is InChI=1S/C15H16N6O/c22-15-19-14-12(2-1-6-17-14)21(15)11-4-8-20(9-5-11)13-3-7-16-10-18-13/h1-3,6-7,10-11H,4-5,8-9H2,(H,17,19,22). The molecule has 22 heavy (non-hydrogen) atoms. The molecule has 0 bridgehead atoms. The molecule has 0 unspecified atom stereocenters. The molecule has 1 saturated heterocycles. The zero-order chi connectivity index (χ0) is 14.9. The number of H-pyrrole nitrogens is 1. The molecule has 112 valence electrons. The number of piperidine rings is 1. The molecule has 3 aromatic heterocycles. The monoisotopic (exact) mass is 296 g/mol. The molecule has 1 aliphatic rings. The van der Waals surface area contributed by atoms with Crippen molar-refractivity contribution in [3.8, 4) is 0 Å². The van der Waals surface area contributed by atoms with E-state index in [9.17, 15) is 4.79 Å². The van der Waals surface area contributed by atoms with Gasteiger partial charge < -0.3 is 4.90 Å². The fourth-order valence-electron chi connectivity index (χ4n) is 3.14. The Kier molecular flexibility index (Phi) is 3.10. The number of rotatable bonds is 2. The van der Waals surface area contributed by atoms with Crippen LogP contribution in [0.2, 0.25) is 0 Å². The van der Waals surface area contributed by atoms with Crippen LogP contribution in [0.1, 0.15) is 18.9 Å². The normalized spacial score (nSPS) is 16.3. The summed E-state index contributed by atoms with van der Waals surface area (Å²) >= 11 is 0. The van der Waals surface area contributed by atoms with Crippen LogP contribution in [0.3, 0.4) is 0 Å². The second kappa shape index (κ2) is 5.25. The van der Waals surface area contributed by atoms with Crippen molar-refractivity contribution >= 4 is 17.0 Å². The van der Waals surface area contributed by atoms with Gasteiger partial charge in [-0.3, -0.25) is 9.55 Å². The van der Waals surface area contributed by atoms with Crippen LogP contribution in [-0.2, 0) is 0 Å². The van der Waals surface area contributed by atoms with Gasteiger partial charge in [0.25, 0.3) is 0 Å². The van der Waals surface area contributed by atoms with E-state index in [0.717, 1.165) is 37.3 Å². The van der Waals surface area contributed by atoms with Gasteiger partial charge in [-0.1, -0.05) is 0 Å². The Hall–Kier alpha value is -2.70. The van der Waals surface area contributed by atoms with E-state index in [2.05, 4.69) is 24.8 Å². The summed E-state index contributed by atoms with van der Waals surface area (Å²) in [7, 11) is 0. The molecule has 7 nitrogen and oxygen atoms in total. The lowest BCUT2D eigenvalue weighted by molar-refractivity contribution is 0.395. The minimum Gasteiger partial charge on any atom is -0.356 e. The SMILES string of the molecule is O=c1[nH]c2ncccc2n1C1CCN(c2ccncn2)CC1. The summed E-state index contributed by atoms with van der Waals surface area (Å²) in [6, 6.07) is 5.92. The minimum atomic E-state index is -0.0748. The van der Waals surface area contributed by atoms with Gasteiger partial charge in [0.15, 0.2) is 5.65 Å². The zero-order valence-electron chi connectivity index (χ0n) is 12.0. The van der Waals surface area contributed by atoms with Crippen molar-refractivity contribution in [3.05, 3.63) is 47.4 Å². The zero-order valence-corrected chi connectivity index (χ0v) is 12.0. The Morgan fingerprint density at radius 2 is 2.00 bits per heavy atom. The second-order valence-corrected chi connectivity index (χ2v) is 5.46. The summed E-state index contributed by atoms with van der Waals surface area (Å²) < 4.78 is 1.85. The lowest BCUT2D eigenvalue weighted by Gasteiger charge is -2.33. The van der Waals surface area contributed by atoms with E-state index in [-0.39, 0.29) is 11.7 Å². The number of hydrogen-bond donors (Lipinski definition) is 1. The molecule has 0 aliphatic carbocycles. The lowest BCUT2D eigenvalue weighted by atomic mass is 10.0. The number of aromatic amines is 1. The van der Waals surface area contributed by atoms with Gasteiger partial charge in [0, 0.05) is 31.5 Å². The first-order valence-electron chi connectivity index (χ1n) is 7.39. The van der Waals surface area contributed by atoms with Crippen LogP contribution in [-0.4, -0.2) is 37.6 Å². The Morgan fingerprint density at radius 3 is 2.77 bits per heavy atom. The highest BCUT2D eigenvalue weighted by Gasteiger charge is 2.24. The number of nitrogens with zero attached hydrogens (tertiary/aromatic N) is 5. The van der Waals surface area contributed by atoms with Crippen molar-refractivity contribution in [1.29, 1.82) is 0 Å². The molecule has 0 saturated carbocycles.